The van der Waals surface area contributed by atoms with Crippen molar-refractivity contribution in [3.05, 3.63) is 47.5 Å². The minimum Gasteiger partial charge on any atom is -0.469 e. The summed E-state index contributed by atoms with van der Waals surface area (Å²) in [6, 6.07) is 8.66. The number of hydrogen-bond acceptors (Lipinski definition) is 7. The maximum atomic E-state index is 16.9. The number of likely N-dealkylation sites (N-methyl/N-ethyl adjacent to an activating group) is 1. The third-order valence-electron chi connectivity index (χ3n) is 9.78. The predicted molar refractivity (Wildman–Crippen MR) is 182 cm³/mol. The minimum atomic E-state index is -2.19. The van der Waals surface area contributed by atoms with Gasteiger partial charge in [0.2, 0.25) is 5.88 Å². The first-order chi connectivity index (χ1) is 21.5. The molecule has 4 heterocycles. The number of halogens is 2. The number of nitrogens with zero attached hydrogens (tertiary/aromatic N) is 4. The van der Waals surface area contributed by atoms with Gasteiger partial charge < -0.3 is 14.4 Å². The minimum absolute atomic E-state index is 0.0203. The maximum absolute atomic E-state index is 16.9. The summed E-state index contributed by atoms with van der Waals surface area (Å²) in [6.45, 7) is 14.4. The van der Waals surface area contributed by atoms with Crippen molar-refractivity contribution in [2.75, 3.05) is 31.4 Å². The number of benzene rings is 2. The van der Waals surface area contributed by atoms with Gasteiger partial charge in [0.05, 0.1) is 18.2 Å². The van der Waals surface area contributed by atoms with Gasteiger partial charge in [0.1, 0.15) is 42.4 Å². The van der Waals surface area contributed by atoms with Gasteiger partial charge in [-0.2, -0.15) is 0 Å². The Bertz CT molecular complexity index is 1830. The van der Waals surface area contributed by atoms with Gasteiger partial charge in [-0.05, 0) is 40.8 Å². The van der Waals surface area contributed by atoms with Crippen LogP contribution in [-0.4, -0.2) is 61.7 Å². The van der Waals surface area contributed by atoms with Crippen molar-refractivity contribution in [1.82, 2.24) is 15.0 Å². The number of anilines is 1. The van der Waals surface area contributed by atoms with E-state index < -0.39 is 19.7 Å². The van der Waals surface area contributed by atoms with Crippen LogP contribution in [0, 0.1) is 23.1 Å². The Morgan fingerprint density at radius 1 is 0.978 bits per heavy atom. The molecule has 1 saturated heterocycles. The molecule has 0 saturated carbocycles. The largest absolute Gasteiger partial charge is 0.469 e. The SMILES string of the molecule is CSc1nc2c3c(nc(-c4cccc5ccc(F)c(C#C[Si](C(C)C)(C(C)C)C(C)C)c45)c(F)c3n1)O[C@H]1COCC[C@@H]1N2C. The number of pyridine rings is 1. The normalized spacial score (nSPS) is 18.3. The van der Waals surface area contributed by atoms with E-state index in [1.807, 2.05) is 30.3 Å². The molecule has 0 radical (unpaired) electrons. The van der Waals surface area contributed by atoms with Crippen LogP contribution in [0.15, 0.2) is 35.5 Å². The summed E-state index contributed by atoms with van der Waals surface area (Å²) >= 11 is 1.35. The van der Waals surface area contributed by atoms with E-state index in [1.165, 1.54) is 17.8 Å². The number of hydrogen-bond donors (Lipinski definition) is 0. The third kappa shape index (κ3) is 5.17. The van der Waals surface area contributed by atoms with Gasteiger partial charge in [0, 0.05) is 24.6 Å². The number of aromatic nitrogens is 3. The van der Waals surface area contributed by atoms with E-state index in [4.69, 9.17) is 19.4 Å². The number of ether oxygens (including phenoxy) is 2. The molecular weight excluding hydrogens is 607 g/mol. The van der Waals surface area contributed by atoms with Crippen molar-refractivity contribution in [2.45, 2.75) is 81.9 Å². The first-order valence-corrected chi connectivity index (χ1v) is 19.1. The third-order valence-corrected chi connectivity index (χ3v) is 16.6. The van der Waals surface area contributed by atoms with Crippen molar-refractivity contribution in [3.8, 4) is 28.6 Å². The standard InChI is InChI=1S/C35H40F2N4O2SSi/c1-19(2)45(20(3)4,21(5)6)17-15-23-25(36)13-12-22-10-9-11-24(28(22)23)31-30(37)32-29-33(40-35(39-32)44-8)41(7)26-14-16-42-18-27(26)43-34(29)38-31/h9-13,19-21,26-27H,14,16,18H2,1-8H3/t26-,27-/m0/s1. The zero-order chi connectivity index (χ0) is 32.2. The van der Waals surface area contributed by atoms with Crippen molar-refractivity contribution in [3.63, 3.8) is 0 Å². The molecule has 0 spiro atoms. The Morgan fingerprint density at radius 2 is 1.71 bits per heavy atom. The molecule has 2 aromatic heterocycles. The first-order valence-electron chi connectivity index (χ1n) is 15.7. The van der Waals surface area contributed by atoms with Crippen LogP contribution in [-0.2, 0) is 4.74 Å². The van der Waals surface area contributed by atoms with Crippen LogP contribution in [0.4, 0.5) is 14.6 Å². The van der Waals surface area contributed by atoms with Crippen LogP contribution in [0.1, 0.15) is 53.5 Å². The lowest BCUT2D eigenvalue weighted by Gasteiger charge is -2.38. The van der Waals surface area contributed by atoms with E-state index in [1.54, 1.807) is 12.1 Å². The quantitative estimate of drug-likeness (QED) is 0.0934. The Morgan fingerprint density at radius 3 is 2.40 bits per heavy atom. The summed E-state index contributed by atoms with van der Waals surface area (Å²) in [4.78, 5) is 16.3. The van der Waals surface area contributed by atoms with Gasteiger partial charge >= 0.3 is 0 Å². The summed E-state index contributed by atoms with van der Waals surface area (Å²) in [5.74, 6) is 3.13. The monoisotopic (exact) mass is 646 g/mol. The first kappa shape index (κ1) is 31.7. The molecule has 0 unspecified atom stereocenters. The van der Waals surface area contributed by atoms with Crippen LogP contribution >= 0.6 is 11.8 Å². The van der Waals surface area contributed by atoms with E-state index in [2.05, 4.69) is 58.0 Å². The fourth-order valence-electron chi connectivity index (χ4n) is 7.55. The topological polar surface area (TPSA) is 60.4 Å². The smallest absolute Gasteiger partial charge is 0.228 e. The molecule has 0 amide bonds. The van der Waals surface area contributed by atoms with E-state index in [0.29, 0.717) is 57.1 Å². The molecular formula is C35H40F2N4O2SSi. The molecule has 4 aromatic rings. The summed E-state index contributed by atoms with van der Waals surface area (Å²) < 4.78 is 45.0. The highest BCUT2D eigenvalue weighted by molar-refractivity contribution is 7.98. The maximum Gasteiger partial charge on any atom is 0.228 e. The van der Waals surface area contributed by atoms with Crippen LogP contribution in [0.2, 0.25) is 16.6 Å². The fourth-order valence-corrected chi connectivity index (χ4v) is 13.1. The molecule has 6 rings (SSSR count). The molecule has 6 nitrogen and oxygen atoms in total. The lowest BCUT2D eigenvalue weighted by atomic mass is 9.96. The van der Waals surface area contributed by atoms with Gasteiger partial charge in [0.15, 0.2) is 11.0 Å². The van der Waals surface area contributed by atoms with E-state index in [0.717, 1.165) is 11.8 Å². The molecule has 236 valence electrons. The molecule has 0 N–H and O–H groups in total. The Balaban J connectivity index is 1.65. The highest BCUT2D eigenvalue weighted by atomic mass is 32.2. The van der Waals surface area contributed by atoms with Crippen LogP contribution < -0.4 is 9.64 Å². The predicted octanol–water partition coefficient (Wildman–Crippen LogP) is 8.40. The molecule has 2 atom stereocenters. The summed E-state index contributed by atoms with van der Waals surface area (Å²) in [5, 5.41) is 2.17. The van der Waals surface area contributed by atoms with Crippen molar-refractivity contribution in [2.24, 2.45) is 0 Å². The Labute approximate surface area is 269 Å². The molecule has 45 heavy (non-hydrogen) atoms. The van der Waals surface area contributed by atoms with Crippen molar-refractivity contribution < 1.29 is 18.3 Å². The zero-order valence-electron chi connectivity index (χ0n) is 27.2. The Hall–Kier alpha value is -3.26. The Kier molecular flexibility index (Phi) is 8.57. The highest BCUT2D eigenvalue weighted by Gasteiger charge is 2.42. The number of fused-ring (bicyclic) bond motifs is 2. The fraction of sp³-hybridized carbons (Fsp3) is 0.457. The van der Waals surface area contributed by atoms with Crippen LogP contribution in [0.5, 0.6) is 5.88 Å². The van der Waals surface area contributed by atoms with Gasteiger partial charge in [-0.3, -0.25) is 0 Å². The molecule has 0 aliphatic carbocycles. The lowest BCUT2D eigenvalue weighted by molar-refractivity contribution is -0.00627. The second-order valence-corrected chi connectivity index (χ2v) is 19.4. The summed E-state index contributed by atoms with van der Waals surface area (Å²) in [6.07, 6.45) is 2.28. The molecule has 10 heteroatoms. The van der Waals surface area contributed by atoms with Gasteiger partial charge in [-0.15, -0.1) is 5.54 Å². The second-order valence-electron chi connectivity index (χ2n) is 13.0. The number of rotatable bonds is 5. The summed E-state index contributed by atoms with van der Waals surface area (Å²) in [5.41, 5.74) is 5.69. The average molecular weight is 647 g/mol. The van der Waals surface area contributed by atoms with Crippen molar-refractivity contribution >= 4 is 47.3 Å². The second kappa shape index (κ2) is 12.2. The molecule has 2 aliphatic rings. The van der Waals surface area contributed by atoms with Gasteiger partial charge in [-0.25, -0.2) is 23.7 Å². The van der Waals surface area contributed by atoms with E-state index >= 15 is 8.78 Å². The van der Waals surface area contributed by atoms with Gasteiger partial charge in [-0.1, -0.05) is 83.5 Å². The summed E-state index contributed by atoms with van der Waals surface area (Å²) in [7, 11) is -0.240. The molecule has 2 aromatic carbocycles. The molecule has 1 fully saturated rings. The van der Waals surface area contributed by atoms with E-state index in [9.17, 15) is 0 Å². The van der Waals surface area contributed by atoms with E-state index in [-0.39, 0.29) is 34.8 Å². The average Bonchev–Trinajstić information content (AvgIpc) is 3.13. The lowest BCUT2D eigenvalue weighted by Crippen LogP contribution is -2.49. The number of thioether (sulfide) groups is 1. The molecule has 2 aliphatic heterocycles. The highest BCUT2D eigenvalue weighted by Crippen LogP contribution is 2.44. The van der Waals surface area contributed by atoms with Crippen molar-refractivity contribution in [1.29, 1.82) is 0 Å². The van der Waals surface area contributed by atoms with Crippen LogP contribution in [0.3, 0.4) is 0 Å². The zero-order valence-corrected chi connectivity index (χ0v) is 29.0. The molecule has 0 bridgehead atoms. The van der Waals surface area contributed by atoms with Crippen LogP contribution in [0.25, 0.3) is 32.9 Å². The van der Waals surface area contributed by atoms with Gasteiger partial charge in [0.25, 0.3) is 0 Å².